The quantitative estimate of drug-likeness (QED) is 0.308. The van der Waals surface area contributed by atoms with Crippen molar-refractivity contribution in [3.63, 3.8) is 0 Å². The zero-order valence-electron chi connectivity index (χ0n) is 17.1. The molecule has 1 saturated heterocycles. The standard InChI is InChI=1S/C20H39N3O2.HI/c1-4-21-19(23(2)13-7-18-8-14-25-15-9-18)22-17-20(12-16-24-3)10-5-6-11-20;/h18H,4-17H2,1-3H3,(H,21,22);1H. The summed E-state index contributed by atoms with van der Waals surface area (Å²) in [5, 5.41) is 3.49. The van der Waals surface area contributed by atoms with Crippen molar-refractivity contribution in [1.82, 2.24) is 10.2 Å². The maximum atomic E-state index is 5.47. The Morgan fingerprint density at radius 1 is 1.27 bits per heavy atom. The van der Waals surface area contributed by atoms with E-state index in [-0.39, 0.29) is 24.0 Å². The van der Waals surface area contributed by atoms with Crippen LogP contribution in [0, 0.1) is 11.3 Å². The van der Waals surface area contributed by atoms with Crippen molar-refractivity contribution in [2.45, 2.75) is 58.3 Å². The van der Waals surface area contributed by atoms with Gasteiger partial charge in [0, 0.05) is 53.6 Å². The van der Waals surface area contributed by atoms with Crippen LogP contribution in [-0.4, -0.2) is 64.5 Å². The second-order valence-electron chi connectivity index (χ2n) is 7.89. The number of hydrogen-bond acceptors (Lipinski definition) is 3. The minimum atomic E-state index is 0. The third kappa shape index (κ3) is 7.89. The number of nitrogens with zero attached hydrogens (tertiary/aromatic N) is 2. The maximum Gasteiger partial charge on any atom is 0.193 e. The van der Waals surface area contributed by atoms with Gasteiger partial charge in [0.15, 0.2) is 5.96 Å². The molecule has 1 saturated carbocycles. The lowest BCUT2D eigenvalue weighted by Crippen LogP contribution is -2.41. The Morgan fingerprint density at radius 2 is 1.96 bits per heavy atom. The number of rotatable bonds is 9. The number of methoxy groups -OCH3 is 1. The average molecular weight is 481 g/mol. The summed E-state index contributed by atoms with van der Waals surface area (Å²) in [6.45, 7) is 7.80. The molecule has 0 spiro atoms. The molecule has 2 rings (SSSR count). The van der Waals surface area contributed by atoms with Gasteiger partial charge in [0.05, 0.1) is 0 Å². The fourth-order valence-electron chi connectivity index (χ4n) is 4.16. The molecule has 0 radical (unpaired) electrons. The van der Waals surface area contributed by atoms with E-state index in [0.29, 0.717) is 5.41 Å². The molecule has 0 aromatic heterocycles. The van der Waals surface area contributed by atoms with Crippen molar-refractivity contribution in [2.75, 3.05) is 53.6 Å². The van der Waals surface area contributed by atoms with Crippen LogP contribution in [0.25, 0.3) is 0 Å². The molecule has 6 heteroatoms. The van der Waals surface area contributed by atoms with Gasteiger partial charge in [-0.25, -0.2) is 0 Å². The third-order valence-corrected chi connectivity index (χ3v) is 5.98. The van der Waals surface area contributed by atoms with Gasteiger partial charge in [-0.05, 0) is 56.8 Å². The number of ether oxygens (including phenoxy) is 2. The lowest BCUT2D eigenvalue weighted by Gasteiger charge is -2.30. The number of nitrogens with one attached hydrogen (secondary N) is 1. The number of hydrogen-bond donors (Lipinski definition) is 1. The summed E-state index contributed by atoms with van der Waals surface area (Å²) in [4.78, 5) is 7.35. The van der Waals surface area contributed by atoms with Crippen LogP contribution in [0.3, 0.4) is 0 Å². The monoisotopic (exact) mass is 481 g/mol. The van der Waals surface area contributed by atoms with E-state index in [0.717, 1.165) is 57.8 Å². The summed E-state index contributed by atoms with van der Waals surface area (Å²) >= 11 is 0. The summed E-state index contributed by atoms with van der Waals surface area (Å²) in [7, 11) is 3.98. The van der Waals surface area contributed by atoms with Gasteiger partial charge in [-0.1, -0.05) is 12.8 Å². The van der Waals surface area contributed by atoms with Crippen LogP contribution in [0.4, 0.5) is 0 Å². The Bertz CT molecular complexity index is 395. The lowest BCUT2D eigenvalue weighted by molar-refractivity contribution is 0.0625. The van der Waals surface area contributed by atoms with Crippen LogP contribution in [0.1, 0.15) is 58.3 Å². The van der Waals surface area contributed by atoms with E-state index in [4.69, 9.17) is 14.5 Å². The number of aliphatic imine (C=N–C) groups is 1. The van der Waals surface area contributed by atoms with Crippen LogP contribution >= 0.6 is 24.0 Å². The van der Waals surface area contributed by atoms with E-state index in [9.17, 15) is 0 Å². The average Bonchev–Trinajstić information content (AvgIpc) is 3.11. The molecule has 0 aromatic carbocycles. The molecule has 1 heterocycles. The van der Waals surface area contributed by atoms with Gasteiger partial charge in [0.1, 0.15) is 0 Å². The van der Waals surface area contributed by atoms with Gasteiger partial charge in [-0.3, -0.25) is 4.99 Å². The summed E-state index contributed by atoms with van der Waals surface area (Å²) < 4.78 is 10.8. The fraction of sp³-hybridized carbons (Fsp3) is 0.950. The Hall–Kier alpha value is -0.0800. The van der Waals surface area contributed by atoms with E-state index in [1.807, 2.05) is 0 Å². The first-order chi connectivity index (χ1) is 12.2. The summed E-state index contributed by atoms with van der Waals surface area (Å²) in [5.74, 6) is 1.88. The minimum absolute atomic E-state index is 0. The zero-order chi connectivity index (χ0) is 18.0. The molecule has 0 bridgehead atoms. The van der Waals surface area contributed by atoms with E-state index < -0.39 is 0 Å². The van der Waals surface area contributed by atoms with Gasteiger partial charge in [0.25, 0.3) is 0 Å². The highest BCUT2D eigenvalue weighted by Crippen LogP contribution is 2.41. The molecule has 2 aliphatic rings. The van der Waals surface area contributed by atoms with Gasteiger partial charge in [-0.15, -0.1) is 24.0 Å². The van der Waals surface area contributed by atoms with Crippen molar-refractivity contribution in [3.05, 3.63) is 0 Å². The van der Waals surface area contributed by atoms with E-state index in [2.05, 4.69) is 24.2 Å². The predicted molar refractivity (Wildman–Crippen MR) is 120 cm³/mol. The van der Waals surface area contributed by atoms with Crippen molar-refractivity contribution in [3.8, 4) is 0 Å². The summed E-state index contributed by atoms with van der Waals surface area (Å²) in [5.41, 5.74) is 0.359. The van der Waals surface area contributed by atoms with Crippen molar-refractivity contribution >= 4 is 29.9 Å². The summed E-state index contributed by atoms with van der Waals surface area (Å²) in [6, 6.07) is 0. The van der Waals surface area contributed by atoms with Crippen molar-refractivity contribution in [1.29, 1.82) is 0 Å². The molecule has 2 fully saturated rings. The minimum Gasteiger partial charge on any atom is -0.385 e. The van der Waals surface area contributed by atoms with Gasteiger partial charge in [-0.2, -0.15) is 0 Å². The first kappa shape index (κ1) is 24.0. The van der Waals surface area contributed by atoms with Crippen LogP contribution in [-0.2, 0) is 9.47 Å². The smallest absolute Gasteiger partial charge is 0.193 e. The number of guanidine groups is 1. The van der Waals surface area contributed by atoms with E-state index in [1.165, 1.54) is 44.9 Å². The Kier molecular flexibility index (Phi) is 12.1. The van der Waals surface area contributed by atoms with E-state index >= 15 is 0 Å². The largest absolute Gasteiger partial charge is 0.385 e. The Balaban J connectivity index is 0.00000338. The SMILES string of the molecule is CCNC(=NCC1(CCOC)CCCC1)N(C)CCC1CCOCC1.I. The van der Waals surface area contributed by atoms with Crippen LogP contribution in [0.15, 0.2) is 4.99 Å². The maximum absolute atomic E-state index is 5.47. The molecular formula is C20H40IN3O2. The van der Waals surface area contributed by atoms with Crippen molar-refractivity contribution in [2.24, 2.45) is 16.3 Å². The van der Waals surface area contributed by atoms with E-state index in [1.54, 1.807) is 7.11 Å². The second-order valence-corrected chi connectivity index (χ2v) is 7.89. The first-order valence-electron chi connectivity index (χ1n) is 10.3. The second kappa shape index (κ2) is 13.2. The van der Waals surface area contributed by atoms with Crippen molar-refractivity contribution < 1.29 is 9.47 Å². The lowest BCUT2D eigenvalue weighted by atomic mass is 9.83. The highest BCUT2D eigenvalue weighted by Gasteiger charge is 2.33. The summed E-state index contributed by atoms with van der Waals surface area (Å²) in [6.07, 6.45) is 10.1. The molecule has 1 aliphatic carbocycles. The molecule has 1 aliphatic heterocycles. The van der Waals surface area contributed by atoms with Gasteiger partial charge < -0.3 is 19.7 Å². The predicted octanol–water partition coefficient (Wildman–Crippen LogP) is 3.92. The topological polar surface area (TPSA) is 46.1 Å². The third-order valence-electron chi connectivity index (χ3n) is 5.98. The van der Waals surface area contributed by atoms with Gasteiger partial charge in [0.2, 0.25) is 0 Å². The molecular weight excluding hydrogens is 441 g/mol. The zero-order valence-corrected chi connectivity index (χ0v) is 19.4. The molecule has 154 valence electrons. The highest BCUT2D eigenvalue weighted by atomic mass is 127. The highest BCUT2D eigenvalue weighted by molar-refractivity contribution is 14.0. The molecule has 0 aromatic rings. The molecule has 0 amide bonds. The molecule has 0 unspecified atom stereocenters. The number of halogens is 1. The Morgan fingerprint density at radius 3 is 2.58 bits per heavy atom. The molecule has 1 N–H and O–H groups in total. The molecule has 0 atom stereocenters. The molecule has 26 heavy (non-hydrogen) atoms. The first-order valence-corrected chi connectivity index (χ1v) is 10.3. The van der Waals surface area contributed by atoms with Crippen LogP contribution in [0.5, 0.6) is 0 Å². The molecule has 5 nitrogen and oxygen atoms in total. The fourth-order valence-corrected chi connectivity index (χ4v) is 4.16. The van der Waals surface area contributed by atoms with Gasteiger partial charge >= 0.3 is 0 Å². The Labute approximate surface area is 177 Å². The van der Waals surface area contributed by atoms with Crippen LogP contribution < -0.4 is 5.32 Å². The normalized spacial score (nSPS) is 20.7. The van der Waals surface area contributed by atoms with Crippen LogP contribution in [0.2, 0.25) is 0 Å².